The highest BCUT2D eigenvalue weighted by Crippen LogP contribution is 2.29. The second-order valence-electron chi connectivity index (χ2n) is 11.0. The van der Waals surface area contributed by atoms with Crippen LogP contribution in [0.3, 0.4) is 0 Å². The quantitative estimate of drug-likeness (QED) is 0.255. The number of rotatable bonds is 11. The summed E-state index contributed by atoms with van der Waals surface area (Å²) in [7, 11) is 0. The maximum Gasteiger partial charge on any atom is 0.253 e. The number of hydrogen-bond acceptors (Lipinski definition) is 4. The molecule has 1 amide bonds. The van der Waals surface area contributed by atoms with Crippen LogP contribution in [0.4, 0.5) is 0 Å². The van der Waals surface area contributed by atoms with E-state index in [-0.39, 0.29) is 5.91 Å². The van der Waals surface area contributed by atoms with E-state index in [9.17, 15) is 4.79 Å². The Balaban J connectivity index is 1.68. The number of carbonyl (C=O) groups excluding carboxylic acids is 1. The Bertz CT molecular complexity index is 1210. The molecule has 2 aromatic heterocycles. The van der Waals surface area contributed by atoms with E-state index in [4.69, 9.17) is 9.84 Å². The van der Waals surface area contributed by atoms with Gasteiger partial charge in [-0.15, -0.1) is 0 Å². The molecule has 1 fully saturated rings. The van der Waals surface area contributed by atoms with E-state index in [1.54, 1.807) is 0 Å². The summed E-state index contributed by atoms with van der Waals surface area (Å²) in [5.41, 5.74) is 4.66. The third kappa shape index (κ3) is 7.55. The Labute approximate surface area is 235 Å². The first-order valence-corrected chi connectivity index (χ1v) is 14.7. The maximum atomic E-state index is 13.7. The van der Waals surface area contributed by atoms with Crippen molar-refractivity contribution in [1.82, 2.24) is 19.4 Å². The SMILES string of the molecule is CC(C)CCN(CCC(C)C)C(=O)c1ccn2nc(-c3ccc(Br)cc3)c(/C=C/CN3CCOCC3)c2c1. The summed E-state index contributed by atoms with van der Waals surface area (Å²) >= 11 is 3.54. The number of halogens is 1. The predicted octanol–water partition coefficient (Wildman–Crippen LogP) is 6.64. The molecule has 38 heavy (non-hydrogen) atoms. The number of carbonyl (C=O) groups is 1. The fourth-order valence-electron chi connectivity index (χ4n) is 4.61. The number of aromatic nitrogens is 2. The van der Waals surface area contributed by atoms with Gasteiger partial charge in [-0.2, -0.15) is 5.10 Å². The molecule has 0 spiro atoms. The molecule has 3 heterocycles. The highest BCUT2D eigenvalue weighted by Gasteiger charge is 2.20. The smallest absolute Gasteiger partial charge is 0.253 e. The highest BCUT2D eigenvalue weighted by molar-refractivity contribution is 9.10. The molecule has 0 N–H and O–H groups in total. The van der Waals surface area contributed by atoms with Gasteiger partial charge in [0.2, 0.25) is 0 Å². The van der Waals surface area contributed by atoms with Gasteiger partial charge in [0.1, 0.15) is 5.69 Å². The van der Waals surface area contributed by atoms with Gasteiger partial charge in [0, 0.05) is 60.1 Å². The lowest BCUT2D eigenvalue weighted by molar-refractivity contribution is 0.0435. The zero-order valence-electron chi connectivity index (χ0n) is 23.2. The summed E-state index contributed by atoms with van der Waals surface area (Å²) < 4.78 is 8.42. The molecule has 1 aliphatic rings. The Morgan fingerprint density at radius 1 is 1.05 bits per heavy atom. The van der Waals surface area contributed by atoms with Crippen molar-refractivity contribution in [2.45, 2.75) is 40.5 Å². The first kappa shape index (κ1) is 28.5. The largest absolute Gasteiger partial charge is 0.379 e. The van der Waals surface area contributed by atoms with Crippen LogP contribution >= 0.6 is 15.9 Å². The van der Waals surface area contributed by atoms with Gasteiger partial charge in [-0.1, -0.05) is 67.9 Å². The van der Waals surface area contributed by atoms with Crippen molar-refractivity contribution in [1.29, 1.82) is 0 Å². The summed E-state index contributed by atoms with van der Waals surface area (Å²) in [4.78, 5) is 18.1. The number of ether oxygens (including phenoxy) is 1. The van der Waals surface area contributed by atoms with Crippen LogP contribution in [0.5, 0.6) is 0 Å². The van der Waals surface area contributed by atoms with Crippen LogP contribution in [-0.4, -0.2) is 71.3 Å². The second kappa shape index (κ2) is 13.5. The summed E-state index contributed by atoms with van der Waals surface area (Å²) in [6, 6.07) is 12.2. The van der Waals surface area contributed by atoms with Gasteiger partial charge in [-0.25, -0.2) is 4.52 Å². The monoisotopic (exact) mass is 580 g/mol. The number of morpholine rings is 1. The van der Waals surface area contributed by atoms with E-state index >= 15 is 0 Å². The van der Waals surface area contributed by atoms with Gasteiger partial charge < -0.3 is 9.64 Å². The molecule has 6 nitrogen and oxygen atoms in total. The van der Waals surface area contributed by atoms with Crippen molar-refractivity contribution in [2.24, 2.45) is 11.8 Å². The predicted molar refractivity (Wildman–Crippen MR) is 159 cm³/mol. The number of benzene rings is 1. The van der Waals surface area contributed by atoms with Crippen LogP contribution in [0.25, 0.3) is 22.9 Å². The molecule has 1 saturated heterocycles. The molecule has 204 valence electrons. The minimum Gasteiger partial charge on any atom is -0.379 e. The van der Waals surface area contributed by atoms with Gasteiger partial charge in [-0.3, -0.25) is 9.69 Å². The average molecular weight is 582 g/mol. The molecule has 1 aromatic carbocycles. The van der Waals surface area contributed by atoms with Crippen molar-refractivity contribution in [2.75, 3.05) is 45.9 Å². The number of fused-ring (bicyclic) bond motifs is 1. The molecule has 4 rings (SSSR count). The summed E-state index contributed by atoms with van der Waals surface area (Å²) in [6.07, 6.45) is 8.30. The fourth-order valence-corrected chi connectivity index (χ4v) is 4.88. The Morgan fingerprint density at radius 2 is 1.71 bits per heavy atom. The van der Waals surface area contributed by atoms with Crippen molar-refractivity contribution in [3.63, 3.8) is 0 Å². The van der Waals surface area contributed by atoms with E-state index in [2.05, 4.69) is 72.8 Å². The minimum absolute atomic E-state index is 0.100. The topological polar surface area (TPSA) is 50.1 Å². The van der Waals surface area contributed by atoms with Gasteiger partial charge in [0.25, 0.3) is 5.91 Å². The fraction of sp³-hybridized carbons (Fsp3) is 0.484. The van der Waals surface area contributed by atoms with Gasteiger partial charge in [-0.05, 0) is 48.9 Å². The average Bonchev–Trinajstić information content (AvgIpc) is 3.27. The number of amides is 1. The van der Waals surface area contributed by atoms with Crippen LogP contribution < -0.4 is 0 Å². The van der Waals surface area contributed by atoms with Crippen LogP contribution in [-0.2, 0) is 4.74 Å². The van der Waals surface area contributed by atoms with Crippen LogP contribution in [0.2, 0.25) is 0 Å². The van der Waals surface area contributed by atoms with Gasteiger partial charge in [0.15, 0.2) is 0 Å². The standard InChI is InChI=1S/C31H41BrN4O2/c1-23(2)11-15-35(16-12-24(3)4)31(37)26-13-17-36-29(22-26)28(6-5-14-34-18-20-38-21-19-34)30(33-36)25-7-9-27(32)10-8-25/h5-10,13,17,22-24H,11-12,14-16,18-21H2,1-4H3/b6-5+. The Morgan fingerprint density at radius 3 is 2.34 bits per heavy atom. The molecular formula is C31H41BrN4O2. The van der Waals surface area contributed by atoms with E-state index < -0.39 is 0 Å². The molecule has 0 aliphatic carbocycles. The zero-order valence-corrected chi connectivity index (χ0v) is 24.8. The third-order valence-corrected chi connectivity index (χ3v) is 7.56. The molecule has 0 saturated carbocycles. The van der Waals surface area contributed by atoms with Crippen molar-refractivity contribution < 1.29 is 9.53 Å². The van der Waals surface area contributed by atoms with Crippen LogP contribution in [0.15, 0.2) is 53.1 Å². The van der Waals surface area contributed by atoms with E-state index in [1.165, 1.54) is 0 Å². The first-order chi connectivity index (χ1) is 18.3. The molecular weight excluding hydrogens is 540 g/mol. The molecule has 0 unspecified atom stereocenters. The Hall–Kier alpha value is -2.48. The molecule has 1 aliphatic heterocycles. The van der Waals surface area contributed by atoms with Gasteiger partial charge >= 0.3 is 0 Å². The number of pyridine rings is 1. The summed E-state index contributed by atoms with van der Waals surface area (Å²) in [5.74, 6) is 1.21. The van der Waals surface area contributed by atoms with Crippen molar-refractivity contribution >= 4 is 33.4 Å². The van der Waals surface area contributed by atoms with Crippen molar-refractivity contribution in [3.05, 3.63) is 64.3 Å². The first-order valence-electron chi connectivity index (χ1n) is 13.9. The third-order valence-electron chi connectivity index (χ3n) is 7.03. The van der Waals surface area contributed by atoms with Gasteiger partial charge in [0.05, 0.1) is 18.7 Å². The lowest BCUT2D eigenvalue weighted by atomic mass is 10.0. The second-order valence-corrected chi connectivity index (χ2v) is 11.9. The zero-order chi connectivity index (χ0) is 27.1. The van der Waals surface area contributed by atoms with Crippen molar-refractivity contribution in [3.8, 4) is 11.3 Å². The van der Waals surface area contributed by atoms with E-state index in [0.717, 1.165) is 91.2 Å². The number of nitrogens with zero attached hydrogens (tertiary/aromatic N) is 4. The normalized spacial score (nSPS) is 14.8. The van der Waals surface area contributed by atoms with E-state index in [0.29, 0.717) is 11.8 Å². The summed E-state index contributed by atoms with van der Waals surface area (Å²) in [5, 5.41) is 4.93. The maximum absolute atomic E-state index is 13.7. The highest BCUT2D eigenvalue weighted by atomic mass is 79.9. The van der Waals surface area contributed by atoms with E-state index in [1.807, 2.05) is 39.9 Å². The lowest BCUT2D eigenvalue weighted by Crippen LogP contribution is -2.36. The van der Waals surface area contributed by atoms with Crippen LogP contribution in [0, 0.1) is 11.8 Å². The molecule has 0 atom stereocenters. The molecule has 3 aromatic rings. The van der Waals surface area contributed by atoms with Crippen LogP contribution in [0.1, 0.15) is 56.5 Å². The molecule has 0 radical (unpaired) electrons. The molecule has 7 heteroatoms. The number of hydrogen-bond donors (Lipinski definition) is 0. The Kier molecular flexibility index (Phi) is 10.2. The lowest BCUT2D eigenvalue weighted by Gasteiger charge is -2.25. The summed E-state index contributed by atoms with van der Waals surface area (Å²) in [6.45, 7) is 14.7. The minimum atomic E-state index is 0.100. The molecule has 0 bridgehead atoms.